The molecule has 2 nitrogen and oxygen atoms in total. The van der Waals surface area contributed by atoms with Gasteiger partial charge in [0.05, 0.1) is 12.2 Å². The molecule has 1 aromatic carbocycles. The van der Waals surface area contributed by atoms with Crippen molar-refractivity contribution in [3.05, 3.63) is 24.3 Å². The highest BCUT2D eigenvalue weighted by atomic mass is 32.2. The molecule has 0 spiro atoms. The predicted molar refractivity (Wildman–Crippen MR) is 70.4 cm³/mol. The van der Waals surface area contributed by atoms with Crippen molar-refractivity contribution < 1.29 is 13.5 Å². The number of alkyl halides is 2. The van der Waals surface area contributed by atoms with Crippen LogP contribution in [-0.4, -0.2) is 24.5 Å². The number of anilines is 1. The van der Waals surface area contributed by atoms with E-state index in [1.54, 1.807) is 12.1 Å². The van der Waals surface area contributed by atoms with E-state index in [2.05, 4.69) is 12.2 Å². The van der Waals surface area contributed by atoms with Gasteiger partial charge in [-0.1, -0.05) is 23.9 Å². The first-order valence-corrected chi connectivity index (χ1v) is 6.96. The van der Waals surface area contributed by atoms with Gasteiger partial charge in [-0.25, -0.2) is 0 Å². The third-order valence-corrected chi connectivity index (χ3v) is 3.73. The summed E-state index contributed by atoms with van der Waals surface area (Å²) in [5.41, 5.74) is 0.756. The number of hydrogen-bond acceptors (Lipinski definition) is 3. The summed E-state index contributed by atoms with van der Waals surface area (Å²) in [4.78, 5) is 0.582. The van der Waals surface area contributed by atoms with Crippen molar-refractivity contribution in [3.8, 4) is 0 Å². The molecule has 1 saturated heterocycles. The Morgan fingerprint density at radius 2 is 2.17 bits per heavy atom. The van der Waals surface area contributed by atoms with Gasteiger partial charge in [0.15, 0.2) is 0 Å². The van der Waals surface area contributed by atoms with Gasteiger partial charge < -0.3 is 10.1 Å². The fraction of sp³-hybridized carbons (Fsp3) is 0.538. The van der Waals surface area contributed by atoms with Crippen molar-refractivity contribution in [3.63, 3.8) is 0 Å². The van der Waals surface area contributed by atoms with Gasteiger partial charge in [-0.3, -0.25) is 0 Å². The van der Waals surface area contributed by atoms with Gasteiger partial charge in [0, 0.05) is 17.1 Å². The first-order chi connectivity index (χ1) is 8.65. The summed E-state index contributed by atoms with van der Waals surface area (Å²) in [6.45, 7) is 2.73. The molecule has 0 bridgehead atoms. The van der Waals surface area contributed by atoms with E-state index >= 15 is 0 Å². The van der Waals surface area contributed by atoms with Crippen LogP contribution in [0.4, 0.5) is 14.5 Å². The number of para-hydroxylation sites is 1. The summed E-state index contributed by atoms with van der Waals surface area (Å²) >= 11 is 0.571. The number of ether oxygens (including phenoxy) is 1. The van der Waals surface area contributed by atoms with Crippen LogP contribution < -0.4 is 5.32 Å². The lowest BCUT2D eigenvalue weighted by atomic mass is 10.2. The average molecular weight is 273 g/mol. The maximum atomic E-state index is 12.4. The molecular weight excluding hydrogens is 256 g/mol. The molecule has 1 aliphatic rings. The molecule has 1 aliphatic heterocycles. The number of halogens is 2. The van der Waals surface area contributed by atoms with Crippen LogP contribution in [0.5, 0.6) is 0 Å². The molecule has 100 valence electrons. The molecule has 0 aliphatic carbocycles. The lowest BCUT2D eigenvalue weighted by Crippen LogP contribution is -2.20. The topological polar surface area (TPSA) is 21.3 Å². The van der Waals surface area contributed by atoms with Crippen molar-refractivity contribution in [2.24, 2.45) is 0 Å². The zero-order valence-electron chi connectivity index (χ0n) is 10.2. The number of nitrogens with one attached hydrogen (secondary N) is 1. The van der Waals surface area contributed by atoms with Crippen molar-refractivity contribution >= 4 is 17.4 Å². The Labute approximate surface area is 110 Å². The molecular formula is C13H17F2NOS. The summed E-state index contributed by atoms with van der Waals surface area (Å²) in [5.74, 6) is -2.39. The van der Waals surface area contributed by atoms with Crippen molar-refractivity contribution in [2.75, 3.05) is 11.9 Å². The van der Waals surface area contributed by atoms with Gasteiger partial charge in [-0.2, -0.15) is 8.78 Å². The normalized spacial score (nSPS) is 23.6. The molecule has 5 heteroatoms. The summed E-state index contributed by atoms with van der Waals surface area (Å²) in [6, 6.07) is 7.14. The molecule has 18 heavy (non-hydrogen) atoms. The monoisotopic (exact) mass is 273 g/mol. The molecule has 2 atom stereocenters. The second kappa shape index (κ2) is 6.38. The molecule has 1 heterocycles. The zero-order valence-corrected chi connectivity index (χ0v) is 11.1. The van der Waals surface area contributed by atoms with Crippen molar-refractivity contribution in [1.82, 2.24) is 0 Å². The van der Waals surface area contributed by atoms with Gasteiger partial charge in [0.1, 0.15) is 0 Å². The van der Waals surface area contributed by atoms with Crippen LogP contribution in [0, 0.1) is 0 Å². The Morgan fingerprint density at radius 3 is 2.83 bits per heavy atom. The minimum atomic E-state index is -2.39. The highest BCUT2D eigenvalue weighted by molar-refractivity contribution is 7.99. The summed E-state index contributed by atoms with van der Waals surface area (Å²) < 4.78 is 30.5. The van der Waals surface area contributed by atoms with Crippen molar-refractivity contribution in [1.29, 1.82) is 0 Å². The van der Waals surface area contributed by atoms with E-state index in [4.69, 9.17) is 4.74 Å². The van der Waals surface area contributed by atoms with Crippen LogP contribution >= 0.6 is 11.8 Å². The van der Waals surface area contributed by atoms with Crippen LogP contribution in [0.3, 0.4) is 0 Å². The first kappa shape index (κ1) is 13.6. The molecule has 0 saturated carbocycles. The fourth-order valence-electron chi connectivity index (χ4n) is 2.07. The molecule has 0 amide bonds. The molecule has 1 fully saturated rings. The zero-order chi connectivity index (χ0) is 13.0. The maximum absolute atomic E-state index is 12.4. The highest BCUT2D eigenvalue weighted by Crippen LogP contribution is 2.32. The molecule has 1 N–H and O–H groups in total. The second-order valence-electron chi connectivity index (χ2n) is 4.40. The van der Waals surface area contributed by atoms with E-state index < -0.39 is 5.76 Å². The minimum Gasteiger partial charge on any atom is -0.382 e. The third-order valence-electron chi connectivity index (χ3n) is 2.94. The van der Waals surface area contributed by atoms with Crippen LogP contribution in [0.2, 0.25) is 0 Å². The number of rotatable bonds is 5. The Morgan fingerprint density at radius 1 is 1.39 bits per heavy atom. The summed E-state index contributed by atoms with van der Waals surface area (Å²) in [5, 5.41) is 3.20. The second-order valence-corrected chi connectivity index (χ2v) is 5.43. The van der Waals surface area contributed by atoms with E-state index in [0.29, 0.717) is 29.3 Å². The van der Waals surface area contributed by atoms with E-state index in [0.717, 1.165) is 18.5 Å². The maximum Gasteiger partial charge on any atom is 0.288 e. The summed E-state index contributed by atoms with van der Waals surface area (Å²) in [7, 11) is 0. The van der Waals surface area contributed by atoms with Crippen LogP contribution in [0.15, 0.2) is 29.2 Å². The van der Waals surface area contributed by atoms with E-state index in [1.807, 2.05) is 12.1 Å². The van der Waals surface area contributed by atoms with E-state index in [9.17, 15) is 8.78 Å². The smallest absolute Gasteiger partial charge is 0.288 e. The summed E-state index contributed by atoms with van der Waals surface area (Å²) in [6.07, 6.45) is 2.59. The van der Waals surface area contributed by atoms with E-state index in [-0.39, 0.29) is 6.10 Å². The van der Waals surface area contributed by atoms with Gasteiger partial charge in [-0.05, 0) is 31.9 Å². The molecule has 2 unspecified atom stereocenters. The Balaban J connectivity index is 1.92. The third kappa shape index (κ3) is 3.85. The number of hydrogen-bond donors (Lipinski definition) is 1. The first-order valence-electron chi connectivity index (χ1n) is 6.08. The van der Waals surface area contributed by atoms with Crippen LogP contribution in [-0.2, 0) is 4.74 Å². The number of benzene rings is 1. The fourth-order valence-corrected chi connectivity index (χ4v) is 2.69. The predicted octanol–water partition coefficient (Wildman–Crippen LogP) is 3.98. The highest BCUT2D eigenvalue weighted by Gasteiger charge is 2.21. The lowest BCUT2D eigenvalue weighted by Gasteiger charge is -2.15. The van der Waals surface area contributed by atoms with Crippen LogP contribution in [0.25, 0.3) is 0 Å². The number of thioether (sulfide) groups is 1. The largest absolute Gasteiger partial charge is 0.382 e. The van der Waals surface area contributed by atoms with E-state index in [1.165, 1.54) is 0 Å². The molecule has 1 aromatic rings. The van der Waals surface area contributed by atoms with Gasteiger partial charge in [0.2, 0.25) is 0 Å². The minimum absolute atomic E-state index is 0.185. The Bertz CT molecular complexity index is 389. The SMILES string of the molecule is CC1CCC(CNc2ccccc2SC(F)F)O1. The standard InChI is InChI=1S/C13H17F2NOS/c1-9-6-7-10(17-9)8-16-11-4-2-3-5-12(11)18-13(14)15/h2-5,9-10,13,16H,6-8H2,1H3. The molecule has 2 rings (SSSR count). The molecule has 0 radical (unpaired) electrons. The quantitative estimate of drug-likeness (QED) is 0.820. The molecule has 0 aromatic heterocycles. The average Bonchev–Trinajstić information content (AvgIpc) is 2.73. The Kier molecular flexibility index (Phi) is 4.83. The van der Waals surface area contributed by atoms with Gasteiger partial charge in [0.25, 0.3) is 5.76 Å². The van der Waals surface area contributed by atoms with Gasteiger partial charge >= 0.3 is 0 Å². The van der Waals surface area contributed by atoms with Gasteiger partial charge in [-0.15, -0.1) is 0 Å². The Hall–Kier alpha value is -0.810. The van der Waals surface area contributed by atoms with Crippen LogP contribution in [0.1, 0.15) is 19.8 Å². The lowest BCUT2D eigenvalue weighted by molar-refractivity contribution is 0.0636. The van der Waals surface area contributed by atoms with Crippen molar-refractivity contribution in [2.45, 2.75) is 42.6 Å².